The lowest BCUT2D eigenvalue weighted by Gasteiger charge is -2.50. The summed E-state index contributed by atoms with van der Waals surface area (Å²) in [6, 6.07) is 19.0. The lowest BCUT2D eigenvalue weighted by molar-refractivity contribution is -0.131. The van der Waals surface area contributed by atoms with Crippen LogP contribution in [0.1, 0.15) is 35.1 Å². The van der Waals surface area contributed by atoms with Crippen molar-refractivity contribution in [3.05, 3.63) is 71.3 Å². The van der Waals surface area contributed by atoms with Crippen LogP contribution >= 0.6 is 0 Å². The molecule has 1 aliphatic carbocycles. The van der Waals surface area contributed by atoms with Crippen LogP contribution in [0.3, 0.4) is 0 Å². The zero-order valence-electron chi connectivity index (χ0n) is 12.5. The van der Waals surface area contributed by atoms with Crippen molar-refractivity contribution in [2.75, 3.05) is 6.54 Å². The van der Waals surface area contributed by atoms with Crippen molar-refractivity contribution >= 4 is 5.91 Å². The quantitative estimate of drug-likeness (QED) is 0.945. The van der Waals surface area contributed by atoms with E-state index in [2.05, 4.69) is 41.3 Å². The molecule has 2 aromatic rings. The Kier molecular flexibility index (Phi) is 3.23. The van der Waals surface area contributed by atoms with Crippen molar-refractivity contribution in [1.82, 2.24) is 4.90 Å². The minimum absolute atomic E-state index is 0.182. The number of fused-ring (bicyclic) bond motifs is 1. The molecule has 1 fully saturated rings. The van der Waals surface area contributed by atoms with E-state index in [4.69, 9.17) is 5.73 Å². The van der Waals surface area contributed by atoms with Gasteiger partial charge in [-0.2, -0.15) is 0 Å². The molecule has 1 aliphatic heterocycles. The number of aryl methyl sites for hydroxylation is 1. The molecule has 0 radical (unpaired) electrons. The van der Waals surface area contributed by atoms with Gasteiger partial charge >= 0.3 is 0 Å². The predicted molar refractivity (Wildman–Crippen MR) is 86.4 cm³/mol. The van der Waals surface area contributed by atoms with E-state index in [0.29, 0.717) is 6.04 Å². The Labute approximate surface area is 130 Å². The molecule has 22 heavy (non-hydrogen) atoms. The van der Waals surface area contributed by atoms with Gasteiger partial charge in [0, 0.05) is 18.5 Å². The lowest BCUT2D eigenvalue weighted by Crippen LogP contribution is -2.61. The molecule has 2 aliphatic rings. The van der Waals surface area contributed by atoms with Gasteiger partial charge in [0.2, 0.25) is 5.91 Å². The molecular formula is C19H20N2O. The van der Waals surface area contributed by atoms with Crippen molar-refractivity contribution < 1.29 is 4.79 Å². The number of rotatable bonds is 3. The van der Waals surface area contributed by atoms with E-state index >= 15 is 0 Å². The third-order valence-corrected chi connectivity index (χ3v) is 5.17. The molecule has 2 aromatic carbocycles. The molecule has 2 N–H and O–H groups in total. The molecule has 3 heteroatoms. The number of benzene rings is 2. The van der Waals surface area contributed by atoms with Gasteiger partial charge in [-0.05, 0) is 29.5 Å². The highest BCUT2D eigenvalue weighted by molar-refractivity contribution is 5.82. The highest BCUT2D eigenvalue weighted by Gasteiger charge is 2.48. The van der Waals surface area contributed by atoms with Gasteiger partial charge in [-0.15, -0.1) is 0 Å². The summed E-state index contributed by atoms with van der Waals surface area (Å²) in [5.41, 5.74) is 9.73. The summed E-state index contributed by atoms with van der Waals surface area (Å²) in [7, 11) is 0. The minimum Gasteiger partial charge on any atom is -0.368 e. The topological polar surface area (TPSA) is 46.3 Å². The van der Waals surface area contributed by atoms with Gasteiger partial charge in [0.25, 0.3) is 0 Å². The number of hydrogen-bond donors (Lipinski definition) is 1. The van der Waals surface area contributed by atoms with E-state index in [9.17, 15) is 4.79 Å². The third kappa shape index (κ3) is 2.04. The van der Waals surface area contributed by atoms with Gasteiger partial charge in [0.1, 0.15) is 0 Å². The van der Waals surface area contributed by atoms with Crippen molar-refractivity contribution in [2.45, 2.75) is 30.8 Å². The molecular weight excluding hydrogens is 272 g/mol. The van der Waals surface area contributed by atoms with Crippen molar-refractivity contribution in [2.24, 2.45) is 5.73 Å². The zero-order valence-corrected chi connectivity index (χ0v) is 12.5. The molecule has 1 amide bonds. The second-order valence-corrected chi connectivity index (χ2v) is 6.31. The first-order chi connectivity index (χ1) is 10.8. The Balaban J connectivity index is 1.61. The van der Waals surface area contributed by atoms with E-state index in [1.54, 1.807) is 0 Å². The summed E-state index contributed by atoms with van der Waals surface area (Å²) < 4.78 is 0. The Hall–Kier alpha value is -2.13. The number of nitrogens with two attached hydrogens (primary N) is 1. The fourth-order valence-corrected chi connectivity index (χ4v) is 4.08. The number of likely N-dealkylation sites (tertiary alicyclic amines) is 1. The largest absolute Gasteiger partial charge is 0.368 e. The van der Waals surface area contributed by atoms with Gasteiger partial charge in [-0.25, -0.2) is 0 Å². The first-order valence-corrected chi connectivity index (χ1v) is 7.93. The molecule has 3 atom stereocenters. The summed E-state index contributed by atoms with van der Waals surface area (Å²) in [5.74, 6) is 0.0240. The summed E-state index contributed by atoms with van der Waals surface area (Å²) in [6.07, 6.45) is 2.18. The number of primary amides is 1. The predicted octanol–water partition coefficient (Wildman–Crippen LogP) is 2.63. The number of carbonyl (C=O) groups excluding carboxylic acids is 1. The van der Waals surface area contributed by atoms with Crippen LogP contribution in [-0.4, -0.2) is 23.4 Å². The van der Waals surface area contributed by atoms with Gasteiger partial charge in [-0.1, -0.05) is 54.6 Å². The maximum Gasteiger partial charge on any atom is 0.235 e. The van der Waals surface area contributed by atoms with Crippen LogP contribution in [0.4, 0.5) is 0 Å². The van der Waals surface area contributed by atoms with Crippen molar-refractivity contribution in [3.8, 4) is 0 Å². The fourth-order valence-electron chi connectivity index (χ4n) is 4.08. The molecule has 2 unspecified atom stereocenters. The molecule has 112 valence electrons. The average Bonchev–Trinajstić information content (AvgIpc) is 2.91. The summed E-state index contributed by atoms with van der Waals surface area (Å²) in [5, 5.41) is 0. The van der Waals surface area contributed by atoms with Crippen LogP contribution in [0.2, 0.25) is 0 Å². The van der Waals surface area contributed by atoms with E-state index < -0.39 is 0 Å². The van der Waals surface area contributed by atoms with Gasteiger partial charge in [0.15, 0.2) is 0 Å². The Morgan fingerprint density at radius 3 is 2.55 bits per heavy atom. The zero-order chi connectivity index (χ0) is 15.1. The maximum atomic E-state index is 12.0. The first kappa shape index (κ1) is 13.5. The number of amides is 1. The Morgan fingerprint density at radius 2 is 1.77 bits per heavy atom. The summed E-state index contributed by atoms with van der Waals surface area (Å²) in [4.78, 5) is 14.3. The smallest absolute Gasteiger partial charge is 0.235 e. The Morgan fingerprint density at radius 1 is 1.05 bits per heavy atom. The van der Waals surface area contributed by atoms with E-state index in [1.807, 2.05) is 18.2 Å². The highest BCUT2D eigenvalue weighted by atomic mass is 16.1. The molecule has 0 bridgehead atoms. The number of hydrogen-bond acceptors (Lipinski definition) is 2. The van der Waals surface area contributed by atoms with Crippen LogP contribution in [0.25, 0.3) is 0 Å². The summed E-state index contributed by atoms with van der Waals surface area (Å²) >= 11 is 0. The fraction of sp³-hybridized carbons (Fsp3) is 0.316. The van der Waals surface area contributed by atoms with Crippen molar-refractivity contribution in [1.29, 1.82) is 0 Å². The number of nitrogens with zero attached hydrogens (tertiary/aromatic N) is 1. The van der Waals surface area contributed by atoms with Crippen LogP contribution in [0, 0.1) is 0 Å². The average molecular weight is 292 g/mol. The third-order valence-electron chi connectivity index (χ3n) is 5.17. The van der Waals surface area contributed by atoms with Gasteiger partial charge < -0.3 is 5.73 Å². The van der Waals surface area contributed by atoms with Crippen molar-refractivity contribution in [3.63, 3.8) is 0 Å². The van der Waals surface area contributed by atoms with Crippen LogP contribution in [-0.2, 0) is 11.2 Å². The van der Waals surface area contributed by atoms with Crippen LogP contribution in [0.5, 0.6) is 0 Å². The Bertz CT molecular complexity index is 698. The number of carbonyl (C=O) groups is 1. The molecule has 1 heterocycles. The standard InChI is InChI=1S/C19H20N2O/c20-19(22)18-16(13-6-2-1-3-7-13)12-21(18)17-11-10-14-8-4-5-9-15(14)17/h1-9,16-18H,10-12H2,(H2,20,22)/t16?,17-,18?/m1/s1. The van der Waals surface area contributed by atoms with Crippen LogP contribution in [0.15, 0.2) is 54.6 Å². The van der Waals surface area contributed by atoms with E-state index in [0.717, 1.165) is 19.4 Å². The highest BCUT2D eigenvalue weighted by Crippen LogP contribution is 2.45. The molecule has 0 aromatic heterocycles. The molecule has 1 saturated heterocycles. The molecule has 0 saturated carbocycles. The normalized spacial score (nSPS) is 27.2. The first-order valence-electron chi connectivity index (χ1n) is 7.93. The van der Waals surface area contributed by atoms with E-state index in [1.165, 1.54) is 16.7 Å². The van der Waals surface area contributed by atoms with Gasteiger partial charge in [-0.3, -0.25) is 9.69 Å². The minimum atomic E-state index is -0.204. The maximum absolute atomic E-state index is 12.0. The molecule has 0 spiro atoms. The second-order valence-electron chi connectivity index (χ2n) is 6.31. The second kappa shape index (κ2) is 5.25. The SMILES string of the molecule is NC(=O)C1C(c2ccccc2)CN1[C@@H]1CCc2ccccc21. The van der Waals surface area contributed by atoms with Gasteiger partial charge in [0.05, 0.1) is 6.04 Å². The van der Waals surface area contributed by atoms with Crippen LogP contribution < -0.4 is 5.73 Å². The lowest BCUT2D eigenvalue weighted by atomic mass is 9.80. The molecule has 3 nitrogen and oxygen atoms in total. The molecule has 4 rings (SSSR count). The summed E-state index contributed by atoms with van der Waals surface area (Å²) in [6.45, 7) is 0.913. The van der Waals surface area contributed by atoms with E-state index in [-0.39, 0.29) is 17.9 Å². The monoisotopic (exact) mass is 292 g/mol.